The number of likely N-dealkylation sites (tertiary alicyclic amines) is 1. The maximum absolute atomic E-state index is 13.6. The van der Waals surface area contributed by atoms with Crippen LogP contribution in [0.2, 0.25) is 0 Å². The second-order valence-corrected chi connectivity index (χ2v) is 9.64. The molecule has 2 amide bonds. The molecule has 34 heavy (non-hydrogen) atoms. The van der Waals surface area contributed by atoms with Crippen LogP contribution in [-0.2, 0) is 14.3 Å². The van der Waals surface area contributed by atoms with Crippen LogP contribution in [0, 0.1) is 17.2 Å². The Kier molecular flexibility index (Phi) is 10.1. The molecule has 0 radical (unpaired) electrons. The highest BCUT2D eigenvalue weighted by atomic mass is 16.5. The van der Waals surface area contributed by atoms with E-state index in [1.165, 1.54) is 0 Å². The van der Waals surface area contributed by atoms with Gasteiger partial charge < -0.3 is 20.7 Å². The van der Waals surface area contributed by atoms with Crippen LogP contribution >= 0.6 is 0 Å². The minimum absolute atomic E-state index is 0.0523. The zero-order chi connectivity index (χ0) is 25.3. The highest BCUT2D eigenvalue weighted by molar-refractivity contribution is 5.98. The molecule has 1 heterocycles. The van der Waals surface area contributed by atoms with E-state index in [0.717, 1.165) is 25.7 Å². The molecule has 1 aromatic carbocycles. The highest BCUT2D eigenvalue weighted by Gasteiger charge is 2.39. The average molecular weight is 473 g/mol. The van der Waals surface area contributed by atoms with Crippen molar-refractivity contribution in [1.82, 2.24) is 10.2 Å². The first-order valence-electron chi connectivity index (χ1n) is 12.3. The van der Waals surface area contributed by atoms with Crippen molar-refractivity contribution in [3.8, 4) is 0 Å². The fourth-order valence-electron chi connectivity index (χ4n) is 4.49. The number of nitrogen functional groups attached to an aromatic ring is 1. The van der Waals surface area contributed by atoms with Crippen molar-refractivity contribution in [2.45, 2.75) is 71.8 Å². The van der Waals surface area contributed by atoms with Crippen LogP contribution in [-0.4, -0.2) is 53.8 Å². The summed E-state index contributed by atoms with van der Waals surface area (Å²) >= 11 is 0. The first kappa shape index (κ1) is 27.3. The molecule has 1 aromatic rings. The van der Waals surface area contributed by atoms with Gasteiger partial charge in [-0.05, 0) is 58.1 Å². The lowest BCUT2D eigenvalue weighted by Gasteiger charge is -2.40. The molecule has 1 atom stereocenters. The van der Waals surface area contributed by atoms with Gasteiger partial charge >= 0.3 is 5.97 Å². The summed E-state index contributed by atoms with van der Waals surface area (Å²) in [6.07, 6.45) is 4.50. The van der Waals surface area contributed by atoms with Crippen LogP contribution in [0.3, 0.4) is 0 Å². The molecular formula is C26H40N4O4. The van der Waals surface area contributed by atoms with E-state index in [0.29, 0.717) is 43.7 Å². The Hall–Kier alpha value is -2.90. The van der Waals surface area contributed by atoms with Crippen molar-refractivity contribution in [3.63, 3.8) is 0 Å². The fraction of sp³-hybridized carbons (Fsp3) is 0.615. The maximum Gasteiger partial charge on any atom is 0.306 e. The quantitative estimate of drug-likeness (QED) is 0.258. The Morgan fingerprint density at radius 3 is 2.26 bits per heavy atom. The van der Waals surface area contributed by atoms with Gasteiger partial charge in [-0.25, -0.2) is 0 Å². The second-order valence-electron chi connectivity index (χ2n) is 9.64. The van der Waals surface area contributed by atoms with Gasteiger partial charge in [-0.15, -0.1) is 0 Å². The second kappa shape index (κ2) is 12.5. The van der Waals surface area contributed by atoms with Crippen molar-refractivity contribution in [3.05, 3.63) is 35.4 Å². The number of carbonyl (C=O) groups is 3. The molecule has 0 bridgehead atoms. The number of unbranched alkanes of at least 4 members (excludes halogenated alkanes) is 1. The van der Waals surface area contributed by atoms with Crippen molar-refractivity contribution < 1.29 is 19.1 Å². The largest absolute Gasteiger partial charge is 0.466 e. The standard InChI is InChI=1S/C26H40N4O4/c1-5-7-8-21(25(33)30-15-13-18(14-16-30)17-22(31)34-6-2)26(3,4)29-24(32)20-11-9-19(10-12-20)23(27)28/h9-12,18,21H,5-8,13-17H2,1-4H3,(H3,27,28)(H,29,32). The van der Waals surface area contributed by atoms with E-state index in [4.69, 9.17) is 15.9 Å². The number of nitrogens with zero attached hydrogens (tertiary/aromatic N) is 1. The van der Waals surface area contributed by atoms with Gasteiger partial charge in [-0.3, -0.25) is 19.8 Å². The highest BCUT2D eigenvalue weighted by Crippen LogP contribution is 2.29. The number of rotatable bonds is 11. The Labute approximate surface area is 203 Å². The van der Waals surface area contributed by atoms with E-state index >= 15 is 0 Å². The number of nitrogens with one attached hydrogen (secondary N) is 2. The van der Waals surface area contributed by atoms with Gasteiger partial charge in [0.25, 0.3) is 5.91 Å². The van der Waals surface area contributed by atoms with Gasteiger partial charge in [-0.2, -0.15) is 0 Å². The molecule has 2 rings (SSSR count). The molecule has 4 N–H and O–H groups in total. The van der Waals surface area contributed by atoms with Crippen LogP contribution < -0.4 is 11.1 Å². The maximum atomic E-state index is 13.6. The molecule has 0 aliphatic carbocycles. The normalized spacial score (nSPS) is 15.5. The van der Waals surface area contributed by atoms with Crippen LogP contribution in [0.25, 0.3) is 0 Å². The number of ether oxygens (including phenoxy) is 1. The average Bonchev–Trinajstić information content (AvgIpc) is 2.79. The summed E-state index contributed by atoms with van der Waals surface area (Å²) in [6.45, 7) is 9.31. The van der Waals surface area contributed by atoms with Gasteiger partial charge in [0, 0.05) is 36.2 Å². The molecule has 1 fully saturated rings. The zero-order valence-corrected chi connectivity index (χ0v) is 21.0. The van der Waals surface area contributed by atoms with Crippen LogP contribution in [0.4, 0.5) is 0 Å². The number of piperidine rings is 1. The molecule has 0 spiro atoms. The summed E-state index contributed by atoms with van der Waals surface area (Å²) in [4.78, 5) is 40.2. The number of carbonyl (C=O) groups excluding carboxylic acids is 3. The van der Waals surface area contributed by atoms with Crippen LogP contribution in [0.5, 0.6) is 0 Å². The number of nitrogens with two attached hydrogens (primary N) is 1. The molecule has 1 aliphatic heterocycles. The van der Waals surface area contributed by atoms with E-state index in [1.54, 1.807) is 31.2 Å². The van der Waals surface area contributed by atoms with Crippen molar-refractivity contribution in [2.24, 2.45) is 17.6 Å². The van der Waals surface area contributed by atoms with E-state index in [1.807, 2.05) is 18.7 Å². The molecule has 0 saturated carbocycles. The van der Waals surface area contributed by atoms with Crippen LogP contribution in [0.1, 0.15) is 82.1 Å². The lowest BCUT2D eigenvalue weighted by atomic mass is 9.81. The smallest absolute Gasteiger partial charge is 0.306 e. The van der Waals surface area contributed by atoms with Crippen molar-refractivity contribution >= 4 is 23.6 Å². The predicted octanol–water partition coefficient (Wildman–Crippen LogP) is 3.48. The number of esters is 1. The van der Waals surface area contributed by atoms with Gasteiger partial charge in [0.1, 0.15) is 5.84 Å². The van der Waals surface area contributed by atoms with Crippen LogP contribution in [0.15, 0.2) is 24.3 Å². The summed E-state index contributed by atoms with van der Waals surface area (Å²) in [6, 6.07) is 6.56. The summed E-state index contributed by atoms with van der Waals surface area (Å²) in [5.74, 6) is -0.544. The van der Waals surface area contributed by atoms with Crippen molar-refractivity contribution in [2.75, 3.05) is 19.7 Å². The summed E-state index contributed by atoms with van der Waals surface area (Å²) in [7, 11) is 0. The third kappa shape index (κ3) is 7.57. The molecule has 0 aromatic heterocycles. The van der Waals surface area contributed by atoms with Gasteiger partial charge in [0.2, 0.25) is 5.91 Å². The number of amides is 2. The topological polar surface area (TPSA) is 126 Å². The first-order valence-corrected chi connectivity index (χ1v) is 12.3. The van der Waals surface area contributed by atoms with Gasteiger partial charge in [0.05, 0.1) is 12.5 Å². The minimum Gasteiger partial charge on any atom is -0.466 e. The van der Waals surface area contributed by atoms with E-state index < -0.39 is 5.54 Å². The summed E-state index contributed by atoms with van der Waals surface area (Å²) < 4.78 is 5.06. The number of hydrogen-bond acceptors (Lipinski definition) is 5. The SMILES string of the molecule is CCCCC(C(=O)N1CCC(CC(=O)OCC)CC1)C(C)(C)NC(=O)c1ccc(C(=N)N)cc1. The first-order chi connectivity index (χ1) is 16.1. The predicted molar refractivity (Wildman–Crippen MR) is 133 cm³/mol. The molecule has 188 valence electrons. The molecule has 8 heteroatoms. The molecular weight excluding hydrogens is 432 g/mol. The lowest BCUT2D eigenvalue weighted by molar-refractivity contribution is -0.145. The fourth-order valence-corrected chi connectivity index (χ4v) is 4.49. The van der Waals surface area contributed by atoms with E-state index in [-0.39, 0.29) is 35.5 Å². The van der Waals surface area contributed by atoms with E-state index in [2.05, 4.69) is 12.2 Å². The minimum atomic E-state index is -0.746. The summed E-state index contributed by atoms with van der Waals surface area (Å²) in [5.41, 5.74) is 5.76. The summed E-state index contributed by atoms with van der Waals surface area (Å²) in [5, 5.41) is 10.6. The van der Waals surface area contributed by atoms with E-state index in [9.17, 15) is 14.4 Å². The van der Waals surface area contributed by atoms with Gasteiger partial charge in [-0.1, -0.05) is 31.9 Å². The molecule has 1 aliphatic rings. The third-order valence-corrected chi connectivity index (χ3v) is 6.60. The number of hydrogen-bond donors (Lipinski definition) is 3. The van der Waals surface area contributed by atoms with Gasteiger partial charge in [0.15, 0.2) is 0 Å². The molecule has 1 unspecified atom stereocenters. The monoisotopic (exact) mass is 472 g/mol. The number of benzene rings is 1. The zero-order valence-electron chi connectivity index (χ0n) is 21.0. The lowest BCUT2D eigenvalue weighted by Crippen LogP contribution is -2.55. The third-order valence-electron chi connectivity index (χ3n) is 6.60. The Balaban J connectivity index is 2.06. The Morgan fingerprint density at radius 1 is 1.15 bits per heavy atom. The molecule has 8 nitrogen and oxygen atoms in total. The number of amidine groups is 1. The Morgan fingerprint density at radius 2 is 1.74 bits per heavy atom. The van der Waals surface area contributed by atoms with Crippen molar-refractivity contribution in [1.29, 1.82) is 5.41 Å². The Bertz CT molecular complexity index is 858. The molecule has 1 saturated heterocycles.